The summed E-state index contributed by atoms with van der Waals surface area (Å²) in [6.07, 6.45) is 6.60. The Morgan fingerprint density at radius 2 is 1.91 bits per heavy atom. The third-order valence-corrected chi connectivity index (χ3v) is 5.22. The van der Waals surface area contributed by atoms with Crippen LogP contribution in [0.2, 0.25) is 0 Å². The van der Waals surface area contributed by atoms with E-state index in [2.05, 4.69) is 11.4 Å². The van der Waals surface area contributed by atoms with Crippen molar-refractivity contribution in [1.29, 1.82) is 0 Å². The molecule has 0 radical (unpaired) electrons. The molecule has 0 bridgehead atoms. The van der Waals surface area contributed by atoms with Crippen molar-refractivity contribution in [2.24, 2.45) is 5.92 Å². The summed E-state index contributed by atoms with van der Waals surface area (Å²) in [5, 5.41) is 3.11. The molecule has 2 aliphatic rings. The lowest BCUT2D eigenvalue weighted by molar-refractivity contribution is -0.126. The second kappa shape index (κ2) is 7.16. The van der Waals surface area contributed by atoms with E-state index in [1.807, 2.05) is 23.1 Å². The SMILES string of the molecule is CC(=O)N1CC(CCNC(=O)C2CCCCC2)c2ccccc21. The molecule has 1 fully saturated rings. The van der Waals surface area contributed by atoms with Crippen molar-refractivity contribution in [1.82, 2.24) is 5.32 Å². The maximum Gasteiger partial charge on any atom is 0.223 e. The molecule has 23 heavy (non-hydrogen) atoms. The Morgan fingerprint density at radius 3 is 2.65 bits per heavy atom. The highest BCUT2D eigenvalue weighted by Gasteiger charge is 2.30. The van der Waals surface area contributed by atoms with Crippen LogP contribution in [-0.2, 0) is 9.59 Å². The van der Waals surface area contributed by atoms with E-state index in [-0.39, 0.29) is 17.7 Å². The maximum atomic E-state index is 12.2. The average molecular weight is 314 g/mol. The van der Waals surface area contributed by atoms with E-state index in [1.165, 1.54) is 24.8 Å². The highest BCUT2D eigenvalue weighted by molar-refractivity contribution is 5.94. The zero-order chi connectivity index (χ0) is 16.2. The largest absolute Gasteiger partial charge is 0.356 e. The van der Waals surface area contributed by atoms with Crippen molar-refractivity contribution in [2.75, 3.05) is 18.0 Å². The first-order chi connectivity index (χ1) is 11.2. The van der Waals surface area contributed by atoms with Gasteiger partial charge in [-0.2, -0.15) is 0 Å². The zero-order valence-electron chi connectivity index (χ0n) is 13.9. The molecule has 0 aromatic heterocycles. The van der Waals surface area contributed by atoms with Gasteiger partial charge >= 0.3 is 0 Å². The predicted molar refractivity (Wildman–Crippen MR) is 91.4 cm³/mol. The van der Waals surface area contributed by atoms with E-state index in [0.29, 0.717) is 12.5 Å². The number of carbonyl (C=O) groups is 2. The number of para-hydroxylation sites is 1. The first-order valence-corrected chi connectivity index (χ1v) is 8.81. The molecule has 0 saturated heterocycles. The second-order valence-corrected chi connectivity index (χ2v) is 6.80. The summed E-state index contributed by atoms with van der Waals surface area (Å²) in [7, 11) is 0. The van der Waals surface area contributed by atoms with Crippen molar-refractivity contribution in [3.63, 3.8) is 0 Å². The van der Waals surface area contributed by atoms with Gasteiger partial charge in [0.25, 0.3) is 0 Å². The molecule has 3 rings (SSSR count). The minimum Gasteiger partial charge on any atom is -0.356 e. The standard InChI is InChI=1S/C19H26N2O2/c1-14(22)21-13-16(17-9-5-6-10-18(17)21)11-12-20-19(23)15-7-3-2-4-8-15/h5-6,9-10,15-16H,2-4,7-8,11-13H2,1H3,(H,20,23). The quantitative estimate of drug-likeness (QED) is 0.927. The van der Waals surface area contributed by atoms with Crippen LogP contribution in [0.4, 0.5) is 5.69 Å². The van der Waals surface area contributed by atoms with E-state index < -0.39 is 0 Å². The molecule has 2 amide bonds. The van der Waals surface area contributed by atoms with Gasteiger partial charge < -0.3 is 10.2 Å². The molecule has 4 nitrogen and oxygen atoms in total. The van der Waals surface area contributed by atoms with E-state index in [0.717, 1.165) is 31.5 Å². The Hall–Kier alpha value is -1.84. The Balaban J connectivity index is 1.54. The highest BCUT2D eigenvalue weighted by atomic mass is 16.2. The predicted octanol–water partition coefficient (Wildman–Crippen LogP) is 3.22. The second-order valence-electron chi connectivity index (χ2n) is 6.80. The van der Waals surface area contributed by atoms with Gasteiger partial charge in [-0.25, -0.2) is 0 Å². The molecule has 1 aromatic carbocycles. The lowest BCUT2D eigenvalue weighted by Crippen LogP contribution is -2.33. The summed E-state index contributed by atoms with van der Waals surface area (Å²) >= 11 is 0. The minimum absolute atomic E-state index is 0.0891. The Morgan fingerprint density at radius 1 is 1.17 bits per heavy atom. The topological polar surface area (TPSA) is 49.4 Å². The van der Waals surface area contributed by atoms with Gasteiger partial charge in [-0.15, -0.1) is 0 Å². The number of hydrogen-bond donors (Lipinski definition) is 1. The monoisotopic (exact) mass is 314 g/mol. The Kier molecular flexibility index (Phi) is 4.99. The third kappa shape index (κ3) is 3.57. The molecule has 4 heteroatoms. The van der Waals surface area contributed by atoms with Gasteiger partial charge in [0.2, 0.25) is 11.8 Å². The van der Waals surface area contributed by atoms with Crippen LogP contribution < -0.4 is 10.2 Å². The van der Waals surface area contributed by atoms with Gasteiger partial charge in [0.1, 0.15) is 0 Å². The summed E-state index contributed by atoms with van der Waals surface area (Å²) in [5.74, 6) is 0.848. The first kappa shape index (κ1) is 16.0. The van der Waals surface area contributed by atoms with Gasteiger partial charge in [0.15, 0.2) is 0 Å². The molecule has 1 unspecified atom stereocenters. The average Bonchev–Trinajstić information content (AvgIpc) is 2.95. The van der Waals surface area contributed by atoms with Crippen molar-refractivity contribution in [2.45, 2.75) is 51.4 Å². The van der Waals surface area contributed by atoms with Crippen LogP contribution in [0.3, 0.4) is 0 Å². The molecule has 1 heterocycles. The molecular formula is C19H26N2O2. The van der Waals surface area contributed by atoms with E-state index in [4.69, 9.17) is 0 Å². The molecule has 1 atom stereocenters. The number of carbonyl (C=O) groups excluding carboxylic acids is 2. The summed E-state index contributed by atoms with van der Waals surface area (Å²) in [4.78, 5) is 25.9. The van der Waals surface area contributed by atoms with E-state index in [1.54, 1.807) is 6.92 Å². The number of nitrogens with zero attached hydrogens (tertiary/aromatic N) is 1. The number of fused-ring (bicyclic) bond motifs is 1. The number of hydrogen-bond acceptors (Lipinski definition) is 2. The third-order valence-electron chi connectivity index (χ3n) is 5.22. The van der Waals surface area contributed by atoms with Crippen molar-refractivity contribution in [3.05, 3.63) is 29.8 Å². The first-order valence-electron chi connectivity index (χ1n) is 8.81. The van der Waals surface area contributed by atoms with Crippen molar-refractivity contribution >= 4 is 17.5 Å². The molecular weight excluding hydrogens is 288 g/mol. The van der Waals surface area contributed by atoms with E-state index >= 15 is 0 Å². The lowest BCUT2D eigenvalue weighted by Gasteiger charge is -2.21. The van der Waals surface area contributed by atoms with Crippen LogP contribution in [-0.4, -0.2) is 24.9 Å². The molecule has 1 aliphatic carbocycles. The van der Waals surface area contributed by atoms with Crippen LogP contribution in [0.25, 0.3) is 0 Å². The van der Waals surface area contributed by atoms with Gasteiger partial charge in [0.05, 0.1) is 0 Å². The molecule has 1 aliphatic heterocycles. The number of amides is 2. The van der Waals surface area contributed by atoms with Crippen LogP contribution in [0, 0.1) is 5.92 Å². The fourth-order valence-corrected chi connectivity index (χ4v) is 3.92. The van der Waals surface area contributed by atoms with Gasteiger partial charge in [-0.05, 0) is 30.9 Å². The van der Waals surface area contributed by atoms with Crippen LogP contribution in [0.15, 0.2) is 24.3 Å². The molecule has 0 spiro atoms. The number of anilines is 1. The van der Waals surface area contributed by atoms with Gasteiger partial charge in [-0.3, -0.25) is 9.59 Å². The number of benzene rings is 1. The summed E-state index contributed by atoms with van der Waals surface area (Å²) in [5.41, 5.74) is 2.26. The van der Waals surface area contributed by atoms with Gasteiger partial charge in [0, 0.05) is 37.5 Å². The number of rotatable bonds is 4. The number of nitrogens with one attached hydrogen (secondary N) is 1. The summed E-state index contributed by atoms with van der Waals surface area (Å²) in [6.45, 7) is 3.04. The summed E-state index contributed by atoms with van der Waals surface area (Å²) < 4.78 is 0. The van der Waals surface area contributed by atoms with Crippen LogP contribution in [0.5, 0.6) is 0 Å². The zero-order valence-corrected chi connectivity index (χ0v) is 13.9. The van der Waals surface area contributed by atoms with Crippen LogP contribution >= 0.6 is 0 Å². The van der Waals surface area contributed by atoms with E-state index in [9.17, 15) is 9.59 Å². The highest BCUT2D eigenvalue weighted by Crippen LogP contribution is 2.37. The fraction of sp³-hybridized carbons (Fsp3) is 0.579. The molecule has 1 aromatic rings. The van der Waals surface area contributed by atoms with Crippen molar-refractivity contribution in [3.8, 4) is 0 Å². The molecule has 124 valence electrons. The summed E-state index contributed by atoms with van der Waals surface area (Å²) in [6, 6.07) is 8.11. The lowest BCUT2D eigenvalue weighted by atomic mass is 9.88. The molecule has 1 saturated carbocycles. The van der Waals surface area contributed by atoms with Crippen LogP contribution in [0.1, 0.15) is 56.9 Å². The Bertz CT molecular complexity index is 578. The van der Waals surface area contributed by atoms with Gasteiger partial charge in [-0.1, -0.05) is 37.5 Å². The minimum atomic E-state index is 0.0891. The van der Waals surface area contributed by atoms with Crippen molar-refractivity contribution < 1.29 is 9.59 Å². The maximum absolute atomic E-state index is 12.2. The Labute approximate surface area is 138 Å². The smallest absolute Gasteiger partial charge is 0.223 e. The molecule has 1 N–H and O–H groups in total. The fourth-order valence-electron chi connectivity index (χ4n) is 3.92. The normalized spacial score (nSPS) is 21.1.